The molecule has 0 bridgehead atoms. The molecule has 26 heavy (non-hydrogen) atoms. The topological polar surface area (TPSA) is 47.2 Å². The Hall–Kier alpha value is -2.18. The number of nitrogens with one attached hydrogen (secondary N) is 1. The van der Waals surface area contributed by atoms with Gasteiger partial charge in [-0.05, 0) is 63.0 Å². The average Bonchev–Trinajstić information content (AvgIpc) is 3.30. The lowest BCUT2D eigenvalue weighted by Crippen LogP contribution is -2.26. The maximum atomic E-state index is 4.97. The third-order valence-electron chi connectivity index (χ3n) is 5.51. The standard InChI is InChI=1S/C20H23N5S/c1-12-8-15(9-16-10-24(3)23-18(12)16)19-13(2)25-11-17(22-20(25)26-19)14-4-6-21-7-5-14/h8-11,14,21H,4-7H2,1-3H3. The zero-order chi connectivity index (χ0) is 17.8. The normalized spacial score (nSPS) is 16.1. The van der Waals surface area contributed by atoms with Crippen LogP contribution in [0.1, 0.15) is 35.7 Å². The Morgan fingerprint density at radius 3 is 2.73 bits per heavy atom. The van der Waals surface area contributed by atoms with Gasteiger partial charge in [0.25, 0.3) is 0 Å². The molecule has 3 aromatic heterocycles. The van der Waals surface area contributed by atoms with Gasteiger partial charge in [0.2, 0.25) is 0 Å². The lowest BCUT2D eigenvalue weighted by Gasteiger charge is -2.20. The molecule has 5 rings (SSSR count). The highest BCUT2D eigenvalue weighted by molar-refractivity contribution is 7.20. The zero-order valence-electron chi connectivity index (χ0n) is 15.4. The Labute approximate surface area is 156 Å². The fraction of sp³-hybridized carbons (Fsp3) is 0.400. The van der Waals surface area contributed by atoms with Gasteiger partial charge in [-0.15, -0.1) is 0 Å². The number of aromatic nitrogens is 4. The van der Waals surface area contributed by atoms with Crippen LogP contribution in [0.3, 0.4) is 0 Å². The van der Waals surface area contributed by atoms with Crippen molar-refractivity contribution in [2.45, 2.75) is 32.6 Å². The van der Waals surface area contributed by atoms with E-state index in [2.05, 4.69) is 53.2 Å². The van der Waals surface area contributed by atoms with Crippen molar-refractivity contribution in [3.05, 3.63) is 41.5 Å². The summed E-state index contributed by atoms with van der Waals surface area (Å²) in [6.45, 7) is 6.55. The van der Waals surface area contributed by atoms with Gasteiger partial charge in [-0.1, -0.05) is 11.3 Å². The minimum Gasteiger partial charge on any atom is -0.317 e. The van der Waals surface area contributed by atoms with Crippen molar-refractivity contribution in [2.24, 2.45) is 7.05 Å². The molecule has 4 heterocycles. The maximum absolute atomic E-state index is 4.97. The molecule has 0 amide bonds. The minimum atomic E-state index is 0.597. The summed E-state index contributed by atoms with van der Waals surface area (Å²) in [4.78, 5) is 7.38. The first kappa shape index (κ1) is 16.0. The highest BCUT2D eigenvalue weighted by atomic mass is 32.1. The van der Waals surface area contributed by atoms with E-state index in [9.17, 15) is 0 Å². The molecule has 134 valence electrons. The molecule has 1 aromatic carbocycles. The van der Waals surface area contributed by atoms with E-state index in [1.165, 1.54) is 45.6 Å². The van der Waals surface area contributed by atoms with Gasteiger partial charge in [0, 0.05) is 36.4 Å². The Balaban J connectivity index is 1.59. The molecule has 1 N–H and O–H groups in total. The second-order valence-corrected chi connectivity index (χ2v) is 8.37. The van der Waals surface area contributed by atoms with Crippen LogP contribution in [0.25, 0.3) is 26.3 Å². The molecule has 1 aliphatic rings. The van der Waals surface area contributed by atoms with E-state index in [0.29, 0.717) is 5.92 Å². The molecule has 0 unspecified atom stereocenters. The van der Waals surface area contributed by atoms with Crippen molar-refractivity contribution in [2.75, 3.05) is 13.1 Å². The van der Waals surface area contributed by atoms with Crippen LogP contribution in [-0.4, -0.2) is 32.3 Å². The largest absolute Gasteiger partial charge is 0.317 e. The summed E-state index contributed by atoms with van der Waals surface area (Å²) in [6.07, 6.45) is 6.73. The van der Waals surface area contributed by atoms with E-state index >= 15 is 0 Å². The van der Waals surface area contributed by atoms with Gasteiger partial charge >= 0.3 is 0 Å². The van der Waals surface area contributed by atoms with Gasteiger partial charge < -0.3 is 5.32 Å². The first-order valence-corrected chi connectivity index (χ1v) is 10.1. The summed E-state index contributed by atoms with van der Waals surface area (Å²) in [5.74, 6) is 0.597. The minimum absolute atomic E-state index is 0.597. The van der Waals surface area contributed by atoms with E-state index in [0.717, 1.165) is 23.6 Å². The molecule has 5 nitrogen and oxygen atoms in total. The monoisotopic (exact) mass is 365 g/mol. The maximum Gasteiger partial charge on any atom is 0.194 e. The SMILES string of the molecule is Cc1cc(-c2sc3nc(C4CCNCC4)cn3c2C)cc2cn(C)nc12. The second-order valence-electron chi connectivity index (χ2n) is 7.39. The summed E-state index contributed by atoms with van der Waals surface area (Å²) < 4.78 is 4.17. The fourth-order valence-electron chi connectivity index (χ4n) is 4.11. The predicted molar refractivity (Wildman–Crippen MR) is 107 cm³/mol. The molecule has 0 spiro atoms. The molecule has 0 atom stereocenters. The molecule has 0 saturated carbocycles. The Kier molecular flexibility index (Phi) is 3.65. The summed E-state index contributed by atoms with van der Waals surface area (Å²) >= 11 is 1.79. The van der Waals surface area contributed by atoms with Gasteiger partial charge in [0.15, 0.2) is 4.96 Å². The van der Waals surface area contributed by atoms with Crippen LogP contribution in [0.2, 0.25) is 0 Å². The first-order valence-electron chi connectivity index (χ1n) is 9.23. The van der Waals surface area contributed by atoms with Crippen molar-refractivity contribution in [3.63, 3.8) is 0 Å². The third kappa shape index (κ3) is 2.47. The molecule has 1 aliphatic heterocycles. The van der Waals surface area contributed by atoms with E-state index in [4.69, 9.17) is 4.98 Å². The van der Waals surface area contributed by atoms with E-state index in [1.54, 1.807) is 11.3 Å². The zero-order valence-corrected chi connectivity index (χ0v) is 16.2. The summed E-state index contributed by atoms with van der Waals surface area (Å²) in [6, 6.07) is 4.50. The smallest absolute Gasteiger partial charge is 0.194 e. The van der Waals surface area contributed by atoms with Crippen molar-refractivity contribution < 1.29 is 0 Å². The number of hydrogen-bond donors (Lipinski definition) is 1. The summed E-state index contributed by atoms with van der Waals surface area (Å²) in [7, 11) is 1.98. The molecular formula is C20H23N5S. The predicted octanol–water partition coefficient (Wildman–Crippen LogP) is 4.03. The molecule has 0 aliphatic carbocycles. The number of imidazole rings is 1. The molecule has 1 fully saturated rings. The van der Waals surface area contributed by atoms with Crippen LogP contribution >= 0.6 is 11.3 Å². The highest BCUT2D eigenvalue weighted by Crippen LogP contribution is 2.36. The number of thiazole rings is 1. The lowest BCUT2D eigenvalue weighted by atomic mass is 9.95. The van der Waals surface area contributed by atoms with Gasteiger partial charge in [0.1, 0.15) is 0 Å². The van der Waals surface area contributed by atoms with Crippen LogP contribution in [-0.2, 0) is 7.05 Å². The number of fused-ring (bicyclic) bond motifs is 2. The Bertz CT molecular complexity index is 1110. The van der Waals surface area contributed by atoms with Crippen LogP contribution < -0.4 is 5.32 Å². The third-order valence-corrected chi connectivity index (χ3v) is 6.71. The lowest BCUT2D eigenvalue weighted by molar-refractivity contribution is 0.454. The number of rotatable bonds is 2. The van der Waals surface area contributed by atoms with Crippen LogP contribution in [0, 0.1) is 13.8 Å². The second kappa shape index (κ2) is 5.93. The van der Waals surface area contributed by atoms with Crippen LogP contribution in [0.4, 0.5) is 0 Å². The molecule has 4 aromatic rings. The quantitative estimate of drug-likeness (QED) is 0.583. The van der Waals surface area contributed by atoms with Crippen LogP contribution in [0.5, 0.6) is 0 Å². The van der Waals surface area contributed by atoms with E-state index < -0.39 is 0 Å². The number of aryl methyl sites for hydroxylation is 3. The molecule has 1 saturated heterocycles. The highest BCUT2D eigenvalue weighted by Gasteiger charge is 2.21. The summed E-state index contributed by atoms with van der Waals surface area (Å²) in [5.41, 5.74) is 6.10. The van der Waals surface area contributed by atoms with Crippen molar-refractivity contribution in [3.8, 4) is 10.4 Å². The number of piperidine rings is 1. The van der Waals surface area contributed by atoms with Crippen molar-refractivity contribution in [1.82, 2.24) is 24.5 Å². The molecule has 0 radical (unpaired) electrons. The fourth-order valence-corrected chi connectivity index (χ4v) is 5.21. The van der Waals surface area contributed by atoms with Crippen molar-refractivity contribution >= 4 is 27.2 Å². The Morgan fingerprint density at radius 2 is 1.96 bits per heavy atom. The van der Waals surface area contributed by atoms with Gasteiger partial charge in [-0.25, -0.2) is 4.98 Å². The number of hydrogen-bond acceptors (Lipinski definition) is 4. The first-order chi connectivity index (χ1) is 12.6. The van der Waals surface area contributed by atoms with Gasteiger partial charge in [0.05, 0.1) is 16.1 Å². The molecule has 6 heteroatoms. The Morgan fingerprint density at radius 1 is 1.15 bits per heavy atom. The van der Waals surface area contributed by atoms with Crippen LogP contribution in [0.15, 0.2) is 24.5 Å². The van der Waals surface area contributed by atoms with E-state index in [-0.39, 0.29) is 0 Å². The van der Waals surface area contributed by atoms with E-state index in [1.807, 2.05) is 11.7 Å². The average molecular weight is 366 g/mol. The summed E-state index contributed by atoms with van der Waals surface area (Å²) in [5, 5.41) is 9.20. The van der Waals surface area contributed by atoms with Gasteiger partial charge in [-0.3, -0.25) is 9.08 Å². The molecular weight excluding hydrogens is 342 g/mol. The van der Waals surface area contributed by atoms with Crippen molar-refractivity contribution in [1.29, 1.82) is 0 Å². The van der Waals surface area contributed by atoms with Gasteiger partial charge in [-0.2, -0.15) is 5.10 Å². The number of nitrogens with zero attached hydrogens (tertiary/aromatic N) is 4. The number of benzene rings is 1.